The highest BCUT2D eigenvalue weighted by molar-refractivity contribution is 6.02. The minimum Gasteiger partial charge on any atom is -0.290 e. The van der Waals surface area contributed by atoms with Crippen LogP contribution in [0.4, 0.5) is 0 Å². The summed E-state index contributed by atoms with van der Waals surface area (Å²) in [5.41, 5.74) is 1.91. The Labute approximate surface area is 128 Å². The van der Waals surface area contributed by atoms with Crippen LogP contribution in [0.3, 0.4) is 0 Å². The Balaban J connectivity index is 0.00000191. The Morgan fingerprint density at radius 2 is 1.71 bits per heavy atom. The van der Waals surface area contributed by atoms with Crippen molar-refractivity contribution in [1.82, 2.24) is 0 Å². The van der Waals surface area contributed by atoms with Gasteiger partial charge < -0.3 is 0 Å². The van der Waals surface area contributed by atoms with Gasteiger partial charge in [0.25, 0.3) is 0 Å². The standard InChI is InChI=1S/C18H18O.C2H6/c1-3-5-9-16(4-2)12-14-18(19)15-13-17-10-7-6-8-11-17;1-2/h3-15H,2H2,1H3;1-2H3/b5-3-,14-12+,15-13+,16-9+;. The van der Waals surface area contributed by atoms with Crippen LogP contribution in [0.5, 0.6) is 0 Å². The molecule has 0 fully saturated rings. The second-order valence-corrected chi connectivity index (χ2v) is 3.88. The molecule has 0 heterocycles. The maximum Gasteiger partial charge on any atom is 0.178 e. The monoisotopic (exact) mass is 280 g/mol. The summed E-state index contributed by atoms with van der Waals surface area (Å²) in [6.45, 7) is 9.64. The van der Waals surface area contributed by atoms with Crippen molar-refractivity contribution in [1.29, 1.82) is 0 Å². The number of hydrogen-bond acceptors (Lipinski definition) is 1. The molecule has 0 saturated heterocycles. The normalized spacial score (nSPS) is 11.7. The summed E-state index contributed by atoms with van der Waals surface area (Å²) >= 11 is 0. The Morgan fingerprint density at radius 1 is 1.05 bits per heavy atom. The zero-order valence-corrected chi connectivity index (χ0v) is 13.1. The van der Waals surface area contributed by atoms with Gasteiger partial charge in [0.1, 0.15) is 0 Å². The summed E-state index contributed by atoms with van der Waals surface area (Å²) in [5, 5.41) is 0. The molecule has 0 amide bonds. The van der Waals surface area contributed by atoms with E-state index in [4.69, 9.17) is 0 Å². The number of rotatable bonds is 6. The van der Waals surface area contributed by atoms with Gasteiger partial charge in [-0.15, -0.1) is 0 Å². The van der Waals surface area contributed by atoms with Crippen LogP contribution in [-0.4, -0.2) is 5.78 Å². The quantitative estimate of drug-likeness (QED) is 0.494. The molecule has 0 aliphatic heterocycles. The van der Waals surface area contributed by atoms with Gasteiger partial charge in [-0.2, -0.15) is 0 Å². The van der Waals surface area contributed by atoms with E-state index < -0.39 is 0 Å². The minimum atomic E-state index is -0.0444. The van der Waals surface area contributed by atoms with Crippen molar-refractivity contribution in [3.8, 4) is 0 Å². The van der Waals surface area contributed by atoms with Crippen molar-refractivity contribution < 1.29 is 4.79 Å². The zero-order chi connectivity index (χ0) is 15.9. The number of hydrogen-bond donors (Lipinski definition) is 0. The lowest BCUT2D eigenvalue weighted by atomic mass is 10.1. The molecule has 0 atom stereocenters. The molecule has 1 aromatic rings. The van der Waals surface area contributed by atoms with Crippen molar-refractivity contribution >= 4 is 11.9 Å². The predicted molar refractivity (Wildman–Crippen MR) is 94.1 cm³/mol. The smallest absolute Gasteiger partial charge is 0.178 e. The second kappa shape index (κ2) is 12.6. The lowest BCUT2D eigenvalue weighted by molar-refractivity contribution is -0.110. The first-order valence-corrected chi connectivity index (χ1v) is 7.17. The van der Waals surface area contributed by atoms with E-state index >= 15 is 0 Å². The summed E-state index contributed by atoms with van der Waals surface area (Å²) in [4.78, 5) is 11.7. The third-order valence-electron chi connectivity index (χ3n) is 2.40. The van der Waals surface area contributed by atoms with E-state index in [-0.39, 0.29) is 5.78 Å². The molecular formula is C20H24O. The molecule has 0 spiro atoms. The van der Waals surface area contributed by atoms with E-state index in [0.717, 1.165) is 11.1 Å². The number of allylic oxidation sites excluding steroid dienone is 8. The van der Waals surface area contributed by atoms with Crippen LogP contribution in [0.1, 0.15) is 26.3 Å². The van der Waals surface area contributed by atoms with Crippen LogP contribution in [0.15, 0.2) is 85.0 Å². The number of benzene rings is 1. The Kier molecular flexibility index (Phi) is 11.2. The van der Waals surface area contributed by atoms with Crippen LogP contribution in [0.25, 0.3) is 6.08 Å². The molecule has 0 saturated carbocycles. The van der Waals surface area contributed by atoms with Crippen molar-refractivity contribution in [2.24, 2.45) is 0 Å². The van der Waals surface area contributed by atoms with E-state index in [9.17, 15) is 4.79 Å². The van der Waals surface area contributed by atoms with Crippen LogP contribution in [-0.2, 0) is 4.79 Å². The van der Waals surface area contributed by atoms with E-state index in [0.29, 0.717) is 0 Å². The average Bonchev–Trinajstić information content (AvgIpc) is 2.56. The maximum absolute atomic E-state index is 11.7. The summed E-state index contributed by atoms with van der Waals surface area (Å²) in [6.07, 6.45) is 14.1. The molecule has 1 nitrogen and oxygen atoms in total. The van der Waals surface area contributed by atoms with Gasteiger partial charge in [-0.3, -0.25) is 4.79 Å². The fourth-order valence-electron chi connectivity index (χ4n) is 1.38. The Hall–Kier alpha value is -2.41. The third kappa shape index (κ3) is 9.17. The van der Waals surface area contributed by atoms with Gasteiger partial charge in [0.15, 0.2) is 5.78 Å². The number of carbonyl (C=O) groups is 1. The third-order valence-corrected chi connectivity index (χ3v) is 2.40. The minimum absolute atomic E-state index is 0.0444. The highest BCUT2D eigenvalue weighted by Crippen LogP contribution is 2.02. The molecule has 0 bridgehead atoms. The van der Waals surface area contributed by atoms with Gasteiger partial charge in [-0.25, -0.2) is 0 Å². The van der Waals surface area contributed by atoms with Crippen LogP contribution in [0, 0.1) is 0 Å². The molecule has 0 aliphatic carbocycles. The molecule has 0 unspecified atom stereocenters. The first-order chi connectivity index (χ1) is 10.3. The van der Waals surface area contributed by atoms with Crippen LogP contribution >= 0.6 is 0 Å². The topological polar surface area (TPSA) is 17.1 Å². The lowest BCUT2D eigenvalue weighted by Crippen LogP contribution is -1.85. The molecule has 1 rings (SSSR count). The summed E-state index contributed by atoms with van der Waals surface area (Å²) < 4.78 is 0. The van der Waals surface area contributed by atoms with Crippen LogP contribution < -0.4 is 0 Å². The molecule has 0 N–H and O–H groups in total. The van der Waals surface area contributed by atoms with Gasteiger partial charge in [-0.05, 0) is 30.2 Å². The first-order valence-electron chi connectivity index (χ1n) is 7.17. The van der Waals surface area contributed by atoms with Gasteiger partial charge in [0, 0.05) is 0 Å². The van der Waals surface area contributed by atoms with Gasteiger partial charge in [0.05, 0.1) is 0 Å². The van der Waals surface area contributed by atoms with Gasteiger partial charge in [0.2, 0.25) is 0 Å². The van der Waals surface area contributed by atoms with E-state index in [1.807, 2.05) is 69.3 Å². The number of ketones is 1. The lowest BCUT2D eigenvalue weighted by Gasteiger charge is -1.91. The predicted octanol–water partition coefficient (Wildman–Crippen LogP) is 5.54. The molecule has 0 aromatic heterocycles. The molecule has 0 aliphatic rings. The van der Waals surface area contributed by atoms with Crippen molar-refractivity contribution in [3.63, 3.8) is 0 Å². The van der Waals surface area contributed by atoms with Crippen molar-refractivity contribution in [2.75, 3.05) is 0 Å². The van der Waals surface area contributed by atoms with E-state index in [2.05, 4.69) is 6.58 Å². The van der Waals surface area contributed by atoms with E-state index in [1.165, 1.54) is 6.08 Å². The maximum atomic E-state index is 11.7. The molecule has 0 radical (unpaired) electrons. The Bertz CT molecular complexity index is 528. The average molecular weight is 280 g/mol. The Morgan fingerprint density at radius 3 is 2.29 bits per heavy atom. The number of carbonyl (C=O) groups excluding carboxylic acids is 1. The summed E-state index contributed by atoms with van der Waals surface area (Å²) in [5.74, 6) is -0.0444. The largest absolute Gasteiger partial charge is 0.290 e. The van der Waals surface area contributed by atoms with Crippen molar-refractivity contribution in [3.05, 3.63) is 90.6 Å². The first kappa shape index (κ1) is 18.6. The molecule has 1 heteroatoms. The molecule has 21 heavy (non-hydrogen) atoms. The summed E-state index contributed by atoms with van der Waals surface area (Å²) in [7, 11) is 0. The fraction of sp³-hybridized carbons (Fsp3) is 0.150. The SMILES string of the molecule is C=CC(/C=C/C(=O)/C=C/c1ccccc1)=C\C=C/C.CC. The van der Waals surface area contributed by atoms with E-state index in [1.54, 1.807) is 24.3 Å². The molecule has 1 aromatic carbocycles. The van der Waals surface area contributed by atoms with Crippen LogP contribution in [0.2, 0.25) is 0 Å². The second-order valence-electron chi connectivity index (χ2n) is 3.88. The fourth-order valence-corrected chi connectivity index (χ4v) is 1.38. The van der Waals surface area contributed by atoms with Gasteiger partial charge in [-0.1, -0.05) is 87.2 Å². The highest BCUT2D eigenvalue weighted by Gasteiger charge is 1.90. The molecule has 110 valence electrons. The summed E-state index contributed by atoms with van der Waals surface area (Å²) in [6, 6.07) is 9.73. The molecular weight excluding hydrogens is 256 g/mol. The zero-order valence-electron chi connectivity index (χ0n) is 13.1. The van der Waals surface area contributed by atoms with Crippen molar-refractivity contribution in [2.45, 2.75) is 20.8 Å². The highest BCUT2D eigenvalue weighted by atomic mass is 16.1. The van der Waals surface area contributed by atoms with Gasteiger partial charge >= 0.3 is 0 Å².